The average molecular weight is 276 g/mol. The number of hydrogen-bond acceptors (Lipinski definition) is 1. The second-order valence-corrected chi connectivity index (χ2v) is 6.30. The Labute approximate surface area is 108 Å². The van der Waals surface area contributed by atoms with E-state index in [0.29, 0.717) is 11.9 Å². The fourth-order valence-corrected chi connectivity index (χ4v) is 2.35. The monoisotopic (exact) mass is 274 g/mol. The van der Waals surface area contributed by atoms with Crippen LogP contribution < -0.4 is 0 Å². The van der Waals surface area contributed by atoms with Crippen LogP contribution in [0.2, 0.25) is 0 Å². The molecule has 0 atom stereocenters. The van der Waals surface area contributed by atoms with Gasteiger partial charge in [0, 0.05) is 6.04 Å². The highest BCUT2D eigenvalue weighted by Gasteiger charge is 2.36. The van der Waals surface area contributed by atoms with Gasteiger partial charge in [-0.2, -0.15) is 0 Å². The van der Waals surface area contributed by atoms with Gasteiger partial charge in [0.2, 0.25) is 3.79 Å². The quantitative estimate of drug-likeness (QED) is 0.713. The van der Waals surface area contributed by atoms with E-state index in [1.165, 1.54) is 0 Å². The molecule has 3 rings (SSSR count). The Morgan fingerprint density at radius 1 is 1.19 bits per heavy atom. The largest absolute Gasteiger partial charge is 0.321 e. The van der Waals surface area contributed by atoms with Gasteiger partial charge in [0.25, 0.3) is 0 Å². The summed E-state index contributed by atoms with van der Waals surface area (Å²) in [6, 6.07) is 8.31. The molecule has 1 aromatic heterocycles. The number of alkyl halides is 3. The highest BCUT2D eigenvalue weighted by Crippen LogP contribution is 2.45. The summed E-state index contributed by atoms with van der Waals surface area (Å²) >= 11 is 17.9. The van der Waals surface area contributed by atoms with Gasteiger partial charge >= 0.3 is 0 Å². The molecule has 2 aromatic rings. The van der Waals surface area contributed by atoms with Crippen LogP contribution >= 0.6 is 34.8 Å². The van der Waals surface area contributed by atoms with Crippen LogP contribution in [0.4, 0.5) is 0 Å². The molecule has 0 spiro atoms. The summed E-state index contributed by atoms with van der Waals surface area (Å²) in [5.74, 6) is 0.529. The lowest BCUT2D eigenvalue weighted by Crippen LogP contribution is -2.10. The second-order valence-electron chi connectivity index (χ2n) is 4.02. The van der Waals surface area contributed by atoms with Gasteiger partial charge in [0.1, 0.15) is 0 Å². The number of nitrogens with zero attached hydrogens (tertiary/aromatic N) is 2. The van der Waals surface area contributed by atoms with Crippen LogP contribution in [-0.4, -0.2) is 9.55 Å². The molecule has 16 heavy (non-hydrogen) atoms. The highest BCUT2D eigenvalue weighted by molar-refractivity contribution is 6.66. The Bertz CT molecular complexity index is 538. The minimum Gasteiger partial charge on any atom is -0.321 e. The average Bonchev–Trinajstić information content (AvgIpc) is 2.96. The minimum atomic E-state index is -1.46. The molecule has 0 aliphatic heterocycles. The SMILES string of the molecule is ClC(Cl)(Cl)c1nc2ccccc2n1C1CC1. The lowest BCUT2D eigenvalue weighted by molar-refractivity contribution is 0.713. The zero-order valence-corrected chi connectivity index (χ0v) is 10.6. The zero-order chi connectivity index (χ0) is 11.3. The van der Waals surface area contributed by atoms with Crippen LogP contribution in [-0.2, 0) is 3.79 Å². The van der Waals surface area contributed by atoms with Gasteiger partial charge in [-0.3, -0.25) is 0 Å². The third-order valence-electron chi connectivity index (χ3n) is 2.76. The van der Waals surface area contributed by atoms with E-state index in [9.17, 15) is 0 Å². The molecule has 1 aliphatic rings. The van der Waals surface area contributed by atoms with Gasteiger partial charge in [-0.1, -0.05) is 46.9 Å². The topological polar surface area (TPSA) is 17.8 Å². The summed E-state index contributed by atoms with van der Waals surface area (Å²) < 4.78 is 0.601. The van der Waals surface area contributed by atoms with Gasteiger partial charge in [0.05, 0.1) is 11.0 Å². The highest BCUT2D eigenvalue weighted by atomic mass is 35.6. The van der Waals surface area contributed by atoms with E-state index in [-0.39, 0.29) is 0 Å². The van der Waals surface area contributed by atoms with Gasteiger partial charge < -0.3 is 4.57 Å². The van der Waals surface area contributed by atoms with Gasteiger partial charge in [-0.25, -0.2) is 4.98 Å². The molecule has 0 unspecified atom stereocenters. The first kappa shape index (κ1) is 10.7. The fourth-order valence-electron chi connectivity index (χ4n) is 1.95. The Morgan fingerprint density at radius 3 is 2.50 bits per heavy atom. The van der Waals surface area contributed by atoms with Crippen molar-refractivity contribution < 1.29 is 0 Å². The predicted molar refractivity (Wildman–Crippen MR) is 67.2 cm³/mol. The number of hydrogen-bond donors (Lipinski definition) is 0. The Morgan fingerprint density at radius 2 is 1.88 bits per heavy atom. The smallest absolute Gasteiger partial charge is 0.248 e. The van der Waals surface area contributed by atoms with Crippen LogP contribution in [0.25, 0.3) is 11.0 Å². The van der Waals surface area contributed by atoms with Gasteiger partial charge in [0.15, 0.2) is 5.82 Å². The van der Waals surface area contributed by atoms with Crippen LogP contribution in [0.15, 0.2) is 24.3 Å². The number of halogens is 3. The number of benzene rings is 1. The molecule has 1 aromatic carbocycles. The van der Waals surface area contributed by atoms with Crippen molar-refractivity contribution in [3.63, 3.8) is 0 Å². The summed E-state index contributed by atoms with van der Waals surface area (Å²) in [6.45, 7) is 0. The molecular formula is C11H9Cl3N2. The number of fused-ring (bicyclic) bond motifs is 1. The normalized spacial score (nSPS) is 16.9. The molecule has 0 saturated heterocycles. The molecule has 1 heterocycles. The van der Waals surface area contributed by atoms with Crippen molar-refractivity contribution in [1.82, 2.24) is 9.55 Å². The standard InChI is InChI=1S/C11H9Cl3N2/c12-11(13,14)10-15-8-3-1-2-4-9(8)16(10)7-5-6-7/h1-4,7H,5-6H2. The molecule has 5 heteroatoms. The van der Waals surface area contributed by atoms with Gasteiger partial charge in [-0.05, 0) is 25.0 Å². The lowest BCUT2D eigenvalue weighted by Gasteiger charge is -2.13. The predicted octanol–water partition coefficient (Wildman–Crippen LogP) is 4.20. The molecule has 0 amide bonds. The second kappa shape index (κ2) is 3.52. The van der Waals surface area contributed by atoms with Crippen molar-refractivity contribution in [3.8, 4) is 0 Å². The summed E-state index contributed by atoms with van der Waals surface area (Å²) in [5.41, 5.74) is 1.93. The van der Waals surface area contributed by atoms with E-state index in [1.54, 1.807) is 0 Å². The number of para-hydroxylation sites is 2. The summed E-state index contributed by atoms with van der Waals surface area (Å²) in [6.07, 6.45) is 2.27. The summed E-state index contributed by atoms with van der Waals surface area (Å²) in [4.78, 5) is 4.41. The minimum absolute atomic E-state index is 0.443. The molecule has 1 aliphatic carbocycles. The van der Waals surface area contributed by atoms with Crippen molar-refractivity contribution in [3.05, 3.63) is 30.1 Å². The van der Waals surface area contributed by atoms with Crippen LogP contribution in [0.3, 0.4) is 0 Å². The number of rotatable bonds is 1. The van der Waals surface area contributed by atoms with Crippen LogP contribution in [0.5, 0.6) is 0 Å². The molecule has 1 saturated carbocycles. The first-order valence-electron chi connectivity index (χ1n) is 5.11. The Kier molecular flexibility index (Phi) is 2.36. The molecule has 0 radical (unpaired) electrons. The Hall–Kier alpha value is -0.440. The Balaban J connectivity index is 2.30. The number of imidazole rings is 1. The molecule has 0 bridgehead atoms. The molecule has 84 valence electrons. The first-order chi connectivity index (χ1) is 7.57. The first-order valence-corrected chi connectivity index (χ1v) is 6.25. The summed E-state index contributed by atoms with van der Waals surface area (Å²) in [5, 5.41) is 0. The van der Waals surface area contributed by atoms with E-state index in [0.717, 1.165) is 23.9 Å². The van der Waals surface area contributed by atoms with Crippen molar-refractivity contribution in [2.24, 2.45) is 0 Å². The fraction of sp³-hybridized carbons (Fsp3) is 0.364. The maximum Gasteiger partial charge on any atom is 0.248 e. The lowest BCUT2D eigenvalue weighted by atomic mass is 10.3. The van der Waals surface area contributed by atoms with E-state index >= 15 is 0 Å². The molecule has 0 N–H and O–H groups in total. The zero-order valence-electron chi connectivity index (χ0n) is 8.33. The third-order valence-corrected chi connectivity index (χ3v) is 3.27. The van der Waals surface area contributed by atoms with E-state index in [4.69, 9.17) is 34.8 Å². The van der Waals surface area contributed by atoms with Crippen LogP contribution in [0, 0.1) is 0 Å². The molecule has 2 nitrogen and oxygen atoms in total. The number of aromatic nitrogens is 2. The van der Waals surface area contributed by atoms with Crippen molar-refractivity contribution in [1.29, 1.82) is 0 Å². The van der Waals surface area contributed by atoms with Crippen molar-refractivity contribution in [2.45, 2.75) is 22.7 Å². The van der Waals surface area contributed by atoms with Crippen molar-refractivity contribution in [2.75, 3.05) is 0 Å². The van der Waals surface area contributed by atoms with Gasteiger partial charge in [-0.15, -0.1) is 0 Å². The molecular weight excluding hydrogens is 266 g/mol. The van der Waals surface area contributed by atoms with E-state index in [1.807, 2.05) is 24.3 Å². The molecule has 1 fully saturated rings. The van der Waals surface area contributed by atoms with E-state index in [2.05, 4.69) is 9.55 Å². The third kappa shape index (κ3) is 1.69. The van der Waals surface area contributed by atoms with E-state index < -0.39 is 3.79 Å². The van der Waals surface area contributed by atoms with Crippen LogP contribution in [0.1, 0.15) is 24.7 Å². The van der Waals surface area contributed by atoms with Crippen molar-refractivity contribution >= 4 is 45.8 Å². The maximum absolute atomic E-state index is 5.95. The summed E-state index contributed by atoms with van der Waals surface area (Å²) in [7, 11) is 0. The maximum atomic E-state index is 5.95.